The molecule has 2 aliphatic rings. The van der Waals surface area contributed by atoms with Gasteiger partial charge in [0.15, 0.2) is 0 Å². The Bertz CT molecular complexity index is 1050. The Balaban J connectivity index is 1.42. The zero-order valence-electron chi connectivity index (χ0n) is 19.0. The topological polar surface area (TPSA) is 84.9 Å². The van der Waals surface area contributed by atoms with Crippen molar-refractivity contribution in [1.82, 2.24) is 4.31 Å². The smallest absolute Gasteiger partial charge is 0.255 e. The number of hydrogen-bond donors (Lipinski definition) is 1. The van der Waals surface area contributed by atoms with Crippen LogP contribution in [0.4, 0.5) is 5.69 Å². The van der Waals surface area contributed by atoms with Crippen molar-refractivity contribution >= 4 is 21.6 Å². The number of anilines is 1. The van der Waals surface area contributed by atoms with E-state index in [0.717, 1.165) is 45.1 Å². The number of hydrogen-bond acceptors (Lipinski definition) is 5. The SMILES string of the molecule is CC1CCCCN1S(=O)(=O)c1ccc(C(=O)Nc2ccccc2OCC2CCCCO2)cc1. The third kappa shape index (κ3) is 5.75. The fourth-order valence-corrected chi connectivity index (χ4v) is 6.05. The van der Waals surface area contributed by atoms with Crippen LogP contribution in [0.15, 0.2) is 53.4 Å². The van der Waals surface area contributed by atoms with E-state index in [1.54, 1.807) is 22.5 Å². The Morgan fingerprint density at radius 3 is 2.55 bits per heavy atom. The molecule has 0 bridgehead atoms. The lowest BCUT2D eigenvalue weighted by atomic mass is 10.1. The number of amides is 1. The van der Waals surface area contributed by atoms with E-state index in [0.29, 0.717) is 30.2 Å². The first-order chi connectivity index (χ1) is 15.9. The predicted molar refractivity (Wildman–Crippen MR) is 127 cm³/mol. The number of piperidine rings is 1. The van der Waals surface area contributed by atoms with Gasteiger partial charge >= 0.3 is 0 Å². The molecule has 2 fully saturated rings. The number of ether oxygens (including phenoxy) is 2. The van der Waals surface area contributed by atoms with E-state index in [-0.39, 0.29) is 22.9 Å². The minimum Gasteiger partial charge on any atom is -0.489 e. The van der Waals surface area contributed by atoms with Gasteiger partial charge in [-0.25, -0.2) is 8.42 Å². The van der Waals surface area contributed by atoms with E-state index in [4.69, 9.17) is 9.47 Å². The molecule has 8 heteroatoms. The molecule has 0 aliphatic carbocycles. The lowest BCUT2D eigenvalue weighted by Crippen LogP contribution is -2.41. The van der Waals surface area contributed by atoms with Gasteiger partial charge in [-0.3, -0.25) is 4.79 Å². The number of benzene rings is 2. The third-order valence-electron chi connectivity index (χ3n) is 6.30. The highest BCUT2D eigenvalue weighted by molar-refractivity contribution is 7.89. The highest BCUT2D eigenvalue weighted by atomic mass is 32.2. The summed E-state index contributed by atoms with van der Waals surface area (Å²) in [6, 6.07) is 13.4. The first-order valence-electron chi connectivity index (χ1n) is 11.7. The Morgan fingerprint density at radius 1 is 1.06 bits per heavy atom. The van der Waals surface area contributed by atoms with Gasteiger partial charge < -0.3 is 14.8 Å². The first kappa shape index (κ1) is 23.7. The Morgan fingerprint density at radius 2 is 1.82 bits per heavy atom. The van der Waals surface area contributed by atoms with Crippen LogP contribution in [-0.4, -0.2) is 50.5 Å². The molecular weight excluding hydrogens is 440 g/mol. The number of carbonyl (C=O) groups is 1. The molecule has 33 heavy (non-hydrogen) atoms. The highest BCUT2D eigenvalue weighted by Gasteiger charge is 2.31. The summed E-state index contributed by atoms with van der Waals surface area (Å²) in [7, 11) is -3.57. The molecule has 1 N–H and O–H groups in total. The Kier molecular flexibility index (Phi) is 7.67. The Hall–Kier alpha value is -2.42. The number of nitrogens with zero attached hydrogens (tertiary/aromatic N) is 1. The molecule has 0 spiro atoms. The van der Waals surface area contributed by atoms with E-state index < -0.39 is 10.0 Å². The maximum atomic E-state index is 13.0. The second-order valence-corrected chi connectivity index (χ2v) is 10.6. The molecular formula is C25H32N2O5S. The molecule has 0 aromatic heterocycles. The van der Waals surface area contributed by atoms with E-state index in [1.807, 2.05) is 25.1 Å². The second-order valence-electron chi connectivity index (χ2n) is 8.73. The van der Waals surface area contributed by atoms with E-state index in [2.05, 4.69) is 5.32 Å². The number of sulfonamides is 1. The van der Waals surface area contributed by atoms with Crippen LogP contribution in [0.3, 0.4) is 0 Å². The van der Waals surface area contributed by atoms with Crippen LogP contribution >= 0.6 is 0 Å². The average Bonchev–Trinajstić information content (AvgIpc) is 2.84. The van der Waals surface area contributed by atoms with Crippen LogP contribution in [0.1, 0.15) is 55.8 Å². The van der Waals surface area contributed by atoms with E-state index >= 15 is 0 Å². The lowest BCUT2D eigenvalue weighted by molar-refractivity contribution is -0.0109. The highest BCUT2D eigenvalue weighted by Crippen LogP contribution is 2.27. The fourth-order valence-electron chi connectivity index (χ4n) is 4.35. The molecule has 7 nitrogen and oxygen atoms in total. The monoisotopic (exact) mass is 472 g/mol. The summed E-state index contributed by atoms with van der Waals surface area (Å²) < 4.78 is 39.2. The molecule has 0 radical (unpaired) electrons. The van der Waals surface area contributed by atoms with Crippen LogP contribution in [0.25, 0.3) is 0 Å². The van der Waals surface area contributed by atoms with Crippen molar-refractivity contribution in [2.45, 2.75) is 62.5 Å². The molecule has 2 heterocycles. The number of para-hydroxylation sites is 2. The number of rotatable bonds is 7. The number of nitrogens with one attached hydrogen (secondary N) is 1. The quantitative estimate of drug-likeness (QED) is 0.644. The molecule has 0 saturated carbocycles. The third-order valence-corrected chi connectivity index (χ3v) is 8.33. The van der Waals surface area contributed by atoms with Crippen molar-refractivity contribution in [3.63, 3.8) is 0 Å². The van der Waals surface area contributed by atoms with Gasteiger partial charge in [0.2, 0.25) is 10.0 Å². The van der Waals surface area contributed by atoms with Crippen LogP contribution in [0, 0.1) is 0 Å². The Labute approximate surface area is 196 Å². The first-order valence-corrected chi connectivity index (χ1v) is 13.2. The van der Waals surface area contributed by atoms with Gasteiger partial charge in [-0.15, -0.1) is 0 Å². The van der Waals surface area contributed by atoms with Gasteiger partial charge in [-0.2, -0.15) is 4.31 Å². The van der Waals surface area contributed by atoms with Crippen LogP contribution in [-0.2, 0) is 14.8 Å². The summed E-state index contributed by atoms with van der Waals surface area (Å²) in [5, 5.41) is 2.88. The standard InChI is InChI=1S/C25H32N2O5S/c1-19-8-4-6-16-27(19)33(29,30)22-14-12-20(13-15-22)25(28)26-23-10-2-3-11-24(23)32-18-21-9-5-7-17-31-21/h2-3,10-15,19,21H,4-9,16-18H2,1H3,(H,26,28). The van der Waals surface area contributed by atoms with Crippen molar-refractivity contribution in [3.05, 3.63) is 54.1 Å². The van der Waals surface area contributed by atoms with Gasteiger partial charge in [-0.1, -0.05) is 18.6 Å². The van der Waals surface area contributed by atoms with Crippen molar-refractivity contribution in [2.24, 2.45) is 0 Å². The molecule has 2 aliphatic heterocycles. The normalized spacial score (nSPS) is 22.0. The summed E-state index contributed by atoms with van der Waals surface area (Å²) in [5.74, 6) is 0.258. The van der Waals surface area contributed by atoms with Crippen molar-refractivity contribution in [1.29, 1.82) is 0 Å². The minimum atomic E-state index is -3.57. The van der Waals surface area contributed by atoms with Crippen LogP contribution in [0.2, 0.25) is 0 Å². The second kappa shape index (κ2) is 10.7. The predicted octanol–water partition coefficient (Wildman–Crippen LogP) is 4.45. The van der Waals surface area contributed by atoms with Gasteiger partial charge in [0.25, 0.3) is 5.91 Å². The van der Waals surface area contributed by atoms with Gasteiger partial charge in [0.1, 0.15) is 12.4 Å². The fraction of sp³-hybridized carbons (Fsp3) is 0.480. The lowest BCUT2D eigenvalue weighted by Gasteiger charge is -2.32. The summed E-state index contributed by atoms with van der Waals surface area (Å²) in [6.45, 7) is 3.68. The zero-order valence-corrected chi connectivity index (χ0v) is 19.9. The molecule has 2 aromatic carbocycles. The molecule has 2 saturated heterocycles. The van der Waals surface area contributed by atoms with Crippen LogP contribution < -0.4 is 10.1 Å². The van der Waals surface area contributed by atoms with Crippen molar-refractivity contribution < 1.29 is 22.7 Å². The summed E-state index contributed by atoms with van der Waals surface area (Å²) in [6.07, 6.45) is 6.05. The summed E-state index contributed by atoms with van der Waals surface area (Å²) in [4.78, 5) is 13.0. The average molecular weight is 473 g/mol. The molecule has 2 atom stereocenters. The maximum absolute atomic E-state index is 13.0. The van der Waals surface area contributed by atoms with E-state index in [9.17, 15) is 13.2 Å². The largest absolute Gasteiger partial charge is 0.489 e. The van der Waals surface area contributed by atoms with E-state index in [1.165, 1.54) is 12.1 Å². The minimum absolute atomic E-state index is 0.0118. The van der Waals surface area contributed by atoms with Crippen LogP contribution in [0.5, 0.6) is 5.75 Å². The number of carbonyl (C=O) groups excluding carboxylic acids is 1. The molecule has 4 rings (SSSR count). The molecule has 2 unspecified atom stereocenters. The summed E-state index contributed by atoms with van der Waals surface area (Å²) >= 11 is 0. The van der Waals surface area contributed by atoms with Gasteiger partial charge in [0, 0.05) is 24.8 Å². The molecule has 178 valence electrons. The van der Waals surface area contributed by atoms with Gasteiger partial charge in [0.05, 0.1) is 16.7 Å². The molecule has 2 aromatic rings. The molecule has 1 amide bonds. The van der Waals surface area contributed by atoms with Crippen molar-refractivity contribution in [3.8, 4) is 5.75 Å². The zero-order chi connectivity index (χ0) is 23.3. The van der Waals surface area contributed by atoms with Gasteiger partial charge in [-0.05, 0) is 75.4 Å². The maximum Gasteiger partial charge on any atom is 0.255 e. The van der Waals surface area contributed by atoms with Crippen molar-refractivity contribution in [2.75, 3.05) is 25.1 Å². The summed E-state index contributed by atoms with van der Waals surface area (Å²) in [5.41, 5.74) is 0.947.